The maximum absolute atomic E-state index is 11.6. The summed E-state index contributed by atoms with van der Waals surface area (Å²) in [5.41, 5.74) is 0.331. The van der Waals surface area contributed by atoms with Crippen LogP contribution in [0.15, 0.2) is 55.8 Å². The molecule has 2 aromatic heterocycles. The summed E-state index contributed by atoms with van der Waals surface area (Å²) in [5, 5.41) is 21.3. The molecule has 1 atom stereocenters. The summed E-state index contributed by atoms with van der Waals surface area (Å²) in [6.07, 6.45) is 3.75. The summed E-state index contributed by atoms with van der Waals surface area (Å²) < 4.78 is 16.7. The van der Waals surface area contributed by atoms with Gasteiger partial charge in [0, 0.05) is 16.8 Å². The molecule has 0 aliphatic rings. The second-order valence-corrected chi connectivity index (χ2v) is 7.29. The largest absolute Gasteiger partial charge is 0.482 e. The van der Waals surface area contributed by atoms with Crippen LogP contribution in [-0.4, -0.2) is 28.5 Å². The minimum atomic E-state index is -1.12. The summed E-state index contributed by atoms with van der Waals surface area (Å²) >= 11 is 0. The third-order valence-corrected chi connectivity index (χ3v) is 4.57. The van der Waals surface area contributed by atoms with Gasteiger partial charge in [0.15, 0.2) is 11.2 Å². The smallest absolute Gasteiger partial charge is 0.336 e. The van der Waals surface area contributed by atoms with E-state index in [0.29, 0.717) is 29.8 Å². The Morgan fingerprint density at radius 3 is 2.74 bits per heavy atom. The average molecular weight is 372 g/mol. The molecule has 2 heterocycles. The molecule has 0 aliphatic heterocycles. The molecule has 0 bridgehead atoms. The first-order chi connectivity index (χ1) is 12.8. The molecule has 27 heavy (non-hydrogen) atoms. The maximum atomic E-state index is 11.6. The van der Waals surface area contributed by atoms with E-state index >= 15 is 0 Å². The van der Waals surface area contributed by atoms with Crippen LogP contribution in [0.4, 0.5) is 0 Å². The highest BCUT2D eigenvalue weighted by molar-refractivity contribution is 5.99. The van der Waals surface area contributed by atoms with Crippen molar-refractivity contribution >= 4 is 21.9 Å². The maximum Gasteiger partial charge on any atom is 0.336 e. The fourth-order valence-electron chi connectivity index (χ4n) is 2.82. The van der Waals surface area contributed by atoms with Gasteiger partial charge < -0.3 is 23.8 Å². The lowest BCUT2D eigenvalue weighted by Gasteiger charge is -2.24. The van der Waals surface area contributed by atoms with Gasteiger partial charge >= 0.3 is 5.63 Å². The zero-order valence-electron chi connectivity index (χ0n) is 15.7. The molecule has 1 unspecified atom stereocenters. The third kappa shape index (κ3) is 4.40. The number of fused-ring (bicyclic) bond motifs is 2. The van der Waals surface area contributed by atoms with Gasteiger partial charge in [-0.05, 0) is 57.9 Å². The predicted molar refractivity (Wildman–Crippen MR) is 103 cm³/mol. The summed E-state index contributed by atoms with van der Waals surface area (Å²) in [4.78, 5) is 11.6. The molecule has 2 N–H and O–H groups in total. The topological polar surface area (TPSA) is 93.0 Å². The Hall–Kier alpha value is -2.57. The van der Waals surface area contributed by atoms with Crippen molar-refractivity contribution in [1.82, 2.24) is 0 Å². The molecular weight excluding hydrogens is 348 g/mol. The first-order valence-electron chi connectivity index (χ1n) is 8.88. The van der Waals surface area contributed by atoms with Crippen molar-refractivity contribution in [2.24, 2.45) is 0 Å². The van der Waals surface area contributed by atoms with Crippen LogP contribution in [0.25, 0.3) is 21.9 Å². The summed E-state index contributed by atoms with van der Waals surface area (Å²) in [6, 6.07) is 6.77. The number of hydrogen-bond acceptors (Lipinski definition) is 6. The Bertz CT molecular complexity index is 1020. The molecule has 0 radical (unpaired) electrons. The Morgan fingerprint density at radius 1 is 1.26 bits per heavy atom. The Labute approximate surface area is 156 Å². The summed E-state index contributed by atoms with van der Waals surface area (Å²) in [6.45, 7) is 5.37. The molecule has 144 valence electrons. The van der Waals surface area contributed by atoms with E-state index in [1.54, 1.807) is 26.2 Å². The van der Waals surface area contributed by atoms with Crippen LogP contribution >= 0.6 is 0 Å². The lowest BCUT2D eigenvalue weighted by Crippen LogP contribution is -2.35. The summed E-state index contributed by atoms with van der Waals surface area (Å²) in [7, 11) is 0. The second-order valence-electron chi connectivity index (χ2n) is 7.29. The molecule has 0 aliphatic carbocycles. The number of aliphatic hydroxyl groups is 2. The van der Waals surface area contributed by atoms with E-state index in [9.17, 15) is 15.0 Å². The summed E-state index contributed by atoms with van der Waals surface area (Å²) in [5.74, 6) is 0.394. The van der Waals surface area contributed by atoms with Crippen molar-refractivity contribution < 1.29 is 23.8 Å². The highest BCUT2D eigenvalue weighted by Crippen LogP contribution is 2.35. The minimum absolute atomic E-state index is 0.262. The van der Waals surface area contributed by atoms with Crippen molar-refractivity contribution in [2.45, 2.75) is 45.3 Å². The first kappa shape index (κ1) is 19.2. The average Bonchev–Trinajstić information content (AvgIpc) is 3.06. The third-order valence-electron chi connectivity index (χ3n) is 4.57. The zero-order chi connectivity index (χ0) is 19.6. The van der Waals surface area contributed by atoms with Crippen molar-refractivity contribution in [3.05, 3.63) is 52.6 Å². The second kappa shape index (κ2) is 7.58. The van der Waals surface area contributed by atoms with E-state index in [0.717, 1.165) is 16.3 Å². The lowest BCUT2D eigenvalue weighted by atomic mass is 9.96. The normalized spacial score (nSPS) is 14.0. The van der Waals surface area contributed by atoms with E-state index in [4.69, 9.17) is 13.6 Å². The van der Waals surface area contributed by atoms with E-state index in [1.807, 2.05) is 25.1 Å². The fraction of sp³-hybridized carbons (Fsp3) is 0.381. The Balaban J connectivity index is 1.77. The van der Waals surface area contributed by atoms with Crippen molar-refractivity contribution in [1.29, 1.82) is 0 Å². The SMILES string of the molecule is C/C(=C\COc1c2occc2cc2ccc(=O)oc12)CCC(O)C(C)(C)O. The van der Waals surface area contributed by atoms with E-state index in [-0.39, 0.29) is 6.61 Å². The number of furan rings is 1. The van der Waals surface area contributed by atoms with Gasteiger partial charge in [0.2, 0.25) is 5.75 Å². The number of hydrogen-bond donors (Lipinski definition) is 2. The molecule has 3 aromatic rings. The molecule has 6 heteroatoms. The van der Waals surface area contributed by atoms with Crippen LogP contribution < -0.4 is 10.4 Å². The first-order valence-corrected chi connectivity index (χ1v) is 8.88. The van der Waals surface area contributed by atoms with E-state index in [2.05, 4.69) is 0 Å². The molecule has 1 aromatic carbocycles. The van der Waals surface area contributed by atoms with Crippen molar-refractivity contribution in [3.8, 4) is 5.75 Å². The monoisotopic (exact) mass is 372 g/mol. The Morgan fingerprint density at radius 2 is 2.00 bits per heavy atom. The van der Waals surface area contributed by atoms with E-state index < -0.39 is 17.3 Å². The minimum Gasteiger partial charge on any atom is -0.482 e. The van der Waals surface area contributed by atoms with Gasteiger partial charge in [0.05, 0.1) is 18.0 Å². The Kier molecular flexibility index (Phi) is 5.39. The van der Waals surface area contributed by atoms with Crippen molar-refractivity contribution in [2.75, 3.05) is 6.61 Å². The zero-order valence-corrected chi connectivity index (χ0v) is 15.7. The van der Waals surface area contributed by atoms with Crippen LogP contribution in [0.3, 0.4) is 0 Å². The van der Waals surface area contributed by atoms with Crippen LogP contribution in [-0.2, 0) is 0 Å². The highest BCUT2D eigenvalue weighted by Gasteiger charge is 2.23. The number of allylic oxidation sites excluding steroid dienone is 1. The van der Waals surface area contributed by atoms with Gasteiger partial charge in [-0.1, -0.05) is 5.57 Å². The fourth-order valence-corrected chi connectivity index (χ4v) is 2.82. The van der Waals surface area contributed by atoms with Crippen LogP contribution in [0.2, 0.25) is 0 Å². The van der Waals surface area contributed by atoms with Gasteiger partial charge in [-0.2, -0.15) is 0 Å². The molecule has 0 fully saturated rings. The molecule has 3 rings (SSSR count). The van der Waals surface area contributed by atoms with Gasteiger partial charge in [0.25, 0.3) is 0 Å². The standard InChI is InChI=1S/C21H24O6/c1-13(4-6-16(22)21(2,3)24)8-10-26-20-18-15(9-11-25-18)12-14-5-7-17(23)27-19(14)20/h5,7-9,11-12,16,22,24H,4,6,10H2,1-3H3/b13-8+. The van der Waals surface area contributed by atoms with E-state index in [1.165, 1.54) is 6.07 Å². The van der Waals surface area contributed by atoms with Gasteiger partial charge in [-0.3, -0.25) is 0 Å². The number of benzene rings is 1. The number of rotatable bonds is 7. The quantitative estimate of drug-likeness (QED) is 0.484. The van der Waals surface area contributed by atoms with Gasteiger partial charge in [-0.25, -0.2) is 4.79 Å². The predicted octanol–water partition coefficient (Wildman–Crippen LogP) is 3.78. The number of ether oxygens (including phenoxy) is 1. The van der Waals surface area contributed by atoms with Crippen LogP contribution in [0.5, 0.6) is 5.75 Å². The number of aliphatic hydroxyl groups excluding tert-OH is 1. The lowest BCUT2D eigenvalue weighted by molar-refractivity contribution is -0.0509. The molecule has 0 spiro atoms. The molecular formula is C21H24O6. The van der Waals surface area contributed by atoms with Crippen molar-refractivity contribution in [3.63, 3.8) is 0 Å². The highest BCUT2D eigenvalue weighted by atomic mass is 16.5. The van der Waals surface area contributed by atoms with Gasteiger partial charge in [0.1, 0.15) is 6.61 Å². The van der Waals surface area contributed by atoms with Crippen LogP contribution in [0, 0.1) is 0 Å². The molecule has 0 saturated heterocycles. The molecule has 0 amide bonds. The van der Waals surface area contributed by atoms with Gasteiger partial charge in [-0.15, -0.1) is 0 Å². The van der Waals surface area contributed by atoms with Crippen LogP contribution in [0.1, 0.15) is 33.6 Å². The molecule has 6 nitrogen and oxygen atoms in total. The molecule has 0 saturated carbocycles.